The average Bonchev–Trinajstić information content (AvgIpc) is 2.60. The third-order valence-corrected chi connectivity index (χ3v) is 4.23. The van der Waals surface area contributed by atoms with E-state index in [1.165, 1.54) is 6.07 Å². The van der Waals surface area contributed by atoms with E-state index >= 15 is 0 Å². The Morgan fingerprint density at radius 2 is 1.84 bits per heavy atom. The zero-order chi connectivity index (χ0) is 18.4. The van der Waals surface area contributed by atoms with E-state index in [1.807, 2.05) is 30.3 Å². The number of non-ortho nitro benzene ring substituents is 1. The quantitative estimate of drug-likeness (QED) is 0.467. The Balaban J connectivity index is 2.46. The maximum absolute atomic E-state index is 11.5. The van der Waals surface area contributed by atoms with Gasteiger partial charge in [-0.15, -0.1) is 11.8 Å². The van der Waals surface area contributed by atoms with Crippen molar-refractivity contribution in [3.63, 3.8) is 0 Å². The number of hydrogen-bond acceptors (Lipinski definition) is 7. The second kappa shape index (κ2) is 8.11. The summed E-state index contributed by atoms with van der Waals surface area (Å²) in [6.45, 7) is 0. The number of nitrogens with one attached hydrogen (secondary N) is 1. The molecular weight excluding hydrogens is 350 g/mol. The lowest BCUT2D eigenvalue weighted by Crippen LogP contribution is -2.13. The number of benzene rings is 2. The first kappa shape index (κ1) is 18.2. The molecule has 0 fully saturated rings. The zero-order valence-electron chi connectivity index (χ0n) is 13.0. The number of anilines is 1. The summed E-state index contributed by atoms with van der Waals surface area (Å²) in [4.78, 5) is 32.5. The summed E-state index contributed by atoms with van der Waals surface area (Å²) in [6.07, 6.45) is -0.904. The normalized spacial score (nSPS) is 10.1. The molecule has 0 unspecified atom stereocenters. The summed E-state index contributed by atoms with van der Waals surface area (Å²) < 4.78 is 4.47. The van der Waals surface area contributed by atoms with Gasteiger partial charge >= 0.3 is 11.8 Å². The van der Waals surface area contributed by atoms with Crippen molar-refractivity contribution >= 4 is 34.9 Å². The number of amides is 1. The minimum absolute atomic E-state index is 0.136. The van der Waals surface area contributed by atoms with Crippen molar-refractivity contribution in [1.29, 1.82) is 0 Å². The highest BCUT2D eigenvalue weighted by molar-refractivity contribution is 7.98. The molecule has 2 aromatic rings. The molecule has 9 nitrogen and oxygen atoms in total. The van der Waals surface area contributed by atoms with E-state index in [0.29, 0.717) is 5.75 Å². The van der Waals surface area contributed by atoms with Crippen LogP contribution in [0, 0.1) is 20.2 Å². The molecule has 0 atom stereocenters. The van der Waals surface area contributed by atoms with Crippen molar-refractivity contribution in [2.45, 2.75) is 10.6 Å². The summed E-state index contributed by atoms with van der Waals surface area (Å²) in [5, 5.41) is 24.6. The number of carbonyl (C=O) groups excluding carboxylic acids is 1. The number of ether oxygens (including phenoxy) is 1. The third-order valence-electron chi connectivity index (χ3n) is 3.12. The Bertz CT molecular complexity index is 812. The molecule has 0 spiro atoms. The zero-order valence-corrected chi connectivity index (χ0v) is 13.8. The van der Waals surface area contributed by atoms with Crippen LogP contribution in [-0.4, -0.2) is 23.0 Å². The van der Waals surface area contributed by atoms with Gasteiger partial charge in [-0.2, -0.15) is 0 Å². The molecule has 0 aliphatic rings. The number of carbonyl (C=O) groups is 1. The Kier molecular flexibility index (Phi) is 5.90. The van der Waals surface area contributed by atoms with Crippen LogP contribution in [0.25, 0.3) is 0 Å². The number of nitro benzene ring substituents is 2. The van der Waals surface area contributed by atoms with Gasteiger partial charge in [0.2, 0.25) is 0 Å². The average molecular weight is 363 g/mol. The summed E-state index contributed by atoms with van der Waals surface area (Å²) >= 11 is 1.14. The molecule has 0 aliphatic carbocycles. The van der Waals surface area contributed by atoms with Crippen LogP contribution in [-0.2, 0) is 10.5 Å². The highest BCUT2D eigenvalue weighted by Gasteiger charge is 2.26. The second-order valence-electron chi connectivity index (χ2n) is 4.74. The lowest BCUT2D eigenvalue weighted by molar-refractivity contribution is -0.393. The van der Waals surface area contributed by atoms with E-state index in [2.05, 4.69) is 10.1 Å². The van der Waals surface area contributed by atoms with Gasteiger partial charge in [-0.25, -0.2) is 4.79 Å². The van der Waals surface area contributed by atoms with Crippen molar-refractivity contribution in [3.05, 3.63) is 68.3 Å². The van der Waals surface area contributed by atoms with E-state index in [1.54, 1.807) is 0 Å². The van der Waals surface area contributed by atoms with E-state index in [4.69, 9.17) is 0 Å². The Morgan fingerprint density at radius 3 is 2.40 bits per heavy atom. The minimum Gasteiger partial charge on any atom is -0.453 e. The van der Waals surface area contributed by atoms with Crippen LogP contribution in [0.1, 0.15) is 5.56 Å². The molecule has 0 saturated heterocycles. The number of nitro groups is 2. The molecule has 1 amide bonds. The summed E-state index contributed by atoms with van der Waals surface area (Å²) in [5.41, 5.74) is -0.220. The molecule has 0 saturated carbocycles. The molecule has 1 N–H and O–H groups in total. The standard InChI is InChI=1S/C15H13N3O6S/c1-24-15(19)16-14-12(18(22)23)7-11(17(20)21)8-13(14)25-9-10-5-3-2-4-6-10/h2-8H,9H2,1H3,(H,16,19). The molecule has 2 aromatic carbocycles. The van der Waals surface area contributed by atoms with Crippen molar-refractivity contribution < 1.29 is 19.4 Å². The van der Waals surface area contributed by atoms with Gasteiger partial charge in [0.1, 0.15) is 5.69 Å². The number of nitrogens with zero attached hydrogens (tertiary/aromatic N) is 2. The van der Waals surface area contributed by atoms with Gasteiger partial charge in [-0.1, -0.05) is 30.3 Å². The van der Waals surface area contributed by atoms with Crippen molar-refractivity contribution in [1.82, 2.24) is 0 Å². The predicted molar refractivity (Wildman–Crippen MR) is 91.8 cm³/mol. The fourth-order valence-electron chi connectivity index (χ4n) is 1.96. The first-order valence-corrected chi connectivity index (χ1v) is 7.89. The highest BCUT2D eigenvalue weighted by Crippen LogP contribution is 2.40. The van der Waals surface area contributed by atoms with Gasteiger partial charge in [0.05, 0.1) is 23.0 Å². The molecule has 25 heavy (non-hydrogen) atoms. The Labute approximate surface area is 146 Å². The van der Waals surface area contributed by atoms with Crippen LogP contribution in [0.2, 0.25) is 0 Å². The second-order valence-corrected chi connectivity index (χ2v) is 5.76. The molecule has 0 aromatic heterocycles. The molecule has 10 heteroatoms. The fraction of sp³-hybridized carbons (Fsp3) is 0.133. The molecule has 130 valence electrons. The minimum atomic E-state index is -0.904. The lowest BCUT2D eigenvalue weighted by Gasteiger charge is -2.11. The van der Waals surface area contributed by atoms with E-state index in [0.717, 1.165) is 30.5 Å². The van der Waals surface area contributed by atoms with Gasteiger partial charge in [0.25, 0.3) is 5.69 Å². The first-order valence-electron chi connectivity index (χ1n) is 6.91. The van der Waals surface area contributed by atoms with E-state index in [9.17, 15) is 25.0 Å². The fourth-order valence-corrected chi connectivity index (χ4v) is 2.98. The molecular formula is C15H13N3O6S. The SMILES string of the molecule is COC(=O)Nc1c(SCc2ccccc2)cc([N+](=O)[O-])cc1[N+](=O)[O-]. The largest absolute Gasteiger partial charge is 0.453 e. The number of methoxy groups -OCH3 is 1. The molecule has 0 heterocycles. The van der Waals surface area contributed by atoms with Gasteiger partial charge in [-0.3, -0.25) is 25.5 Å². The van der Waals surface area contributed by atoms with Crippen LogP contribution in [0.4, 0.5) is 21.9 Å². The number of thioether (sulfide) groups is 1. The van der Waals surface area contributed by atoms with Crippen LogP contribution in [0.5, 0.6) is 0 Å². The molecule has 2 rings (SSSR count). The maximum Gasteiger partial charge on any atom is 0.411 e. The summed E-state index contributed by atoms with van der Waals surface area (Å²) in [5.74, 6) is 0.412. The highest BCUT2D eigenvalue weighted by atomic mass is 32.2. The molecule has 0 bridgehead atoms. The van der Waals surface area contributed by atoms with Crippen molar-refractivity contribution in [2.75, 3.05) is 12.4 Å². The van der Waals surface area contributed by atoms with Gasteiger partial charge in [0.15, 0.2) is 0 Å². The summed E-state index contributed by atoms with van der Waals surface area (Å²) in [6, 6.07) is 11.2. The Morgan fingerprint density at radius 1 is 1.16 bits per heavy atom. The maximum atomic E-state index is 11.5. The molecule has 0 radical (unpaired) electrons. The van der Waals surface area contributed by atoms with Crippen LogP contribution in [0.15, 0.2) is 47.4 Å². The number of hydrogen-bond donors (Lipinski definition) is 1. The van der Waals surface area contributed by atoms with Crippen molar-refractivity contribution in [3.8, 4) is 0 Å². The van der Waals surface area contributed by atoms with Gasteiger partial charge < -0.3 is 4.74 Å². The first-order chi connectivity index (χ1) is 11.9. The Hall–Kier alpha value is -3.14. The van der Waals surface area contributed by atoms with E-state index in [-0.39, 0.29) is 10.6 Å². The smallest absolute Gasteiger partial charge is 0.411 e. The van der Waals surface area contributed by atoms with E-state index < -0.39 is 27.3 Å². The van der Waals surface area contributed by atoms with Crippen LogP contribution < -0.4 is 5.32 Å². The van der Waals surface area contributed by atoms with Crippen molar-refractivity contribution in [2.24, 2.45) is 0 Å². The van der Waals surface area contributed by atoms with Crippen LogP contribution in [0.3, 0.4) is 0 Å². The lowest BCUT2D eigenvalue weighted by atomic mass is 10.2. The third kappa shape index (κ3) is 4.67. The van der Waals surface area contributed by atoms with Gasteiger partial charge in [-0.05, 0) is 5.56 Å². The predicted octanol–water partition coefficient (Wildman–Crippen LogP) is 3.97. The molecule has 0 aliphatic heterocycles. The number of rotatable bonds is 6. The summed E-state index contributed by atoms with van der Waals surface area (Å²) in [7, 11) is 1.11. The van der Waals surface area contributed by atoms with Crippen LogP contribution >= 0.6 is 11.8 Å². The monoisotopic (exact) mass is 363 g/mol. The van der Waals surface area contributed by atoms with Gasteiger partial charge in [0, 0.05) is 16.7 Å². The topological polar surface area (TPSA) is 125 Å².